The van der Waals surface area contributed by atoms with Crippen LogP contribution in [0.15, 0.2) is 48.7 Å². The summed E-state index contributed by atoms with van der Waals surface area (Å²) in [5.41, 5.74) is 5.29. The average Bonchev–Trinajstić information content (AvgIpc) is 3.23. The van der Waals surface area contributed by atoms with Crippen molar-refractivity contribution < 1.29 is 23.5 Å². The van der Waals surface area contributed by atoms with Crippen LogP contribution in [-0.2, 0) is 11.2 Å². The number of nitrogens with two attached hydrogens (primary N) is 1. The van der Waals surface area contributed by atoms with Crippen molar-refractivity contribution in [2.75, 3.05) is 12.4 Å². The highest BCUT2D eigenvalue weighted by molar-refractivity contribution is 7.14. The lowest BCUT2D eigenvalue weighted by molar-refractivity contribution is -0.123. The van der Waals surface area contributed by atoms with E-state index in [0.29, 0.717) is 18.0 Å². The number of nitrogens with one attached hydrogen (secondary N) is 2. The molecule has 0 aliphatic heterocycles. The molecular weight excluding hydrogens is 447 g/mol. The molecule has 0 spiro atoms. The number of rotatable bonds is 8. The fourth-order valence-electron chi connectivity index (χ4n) is 2.88. The summed E-state index contributed by atoms with van der Waals surface area (Å²) < 4.78 is 24.3. The van der Waals surface area contributed by atoms with Crippen molar-refractivity contribution in [2.24, 2.45) is 11.1 Å². The van der Waals surface area contributed by atoms with Gasteiger partial charge in [-0.05, 0) is 42.8 Å². The Kier molecular flexibility index (Phi) is 7.07. The highest BCUT2D eigenvalue weighted by Gasteiger charge is 2.29. The number of carbonyl (C=O) groups excluding carboxylic acids is 2. The van der Waals surface area contributed by atoms with E-state index in [1.54, 1.807) is 38.1 Å². The standard InChI is InChI=1S/C23H23FN4O4S/c1-23(2,22(30)28-14-5-9-19(31-3)27-12-14)11-15-6-8-18(33-15)21(29)32-17-7-4-13(20(25)26)10-16(17)24/h4-10,12H,11H2,1-3H3,(H3,25,26)(H,28,30). The number of methoxy groups -OCH3 is 1. The average molecular weight is 471 g/mol. The van der Waals surface area contributed by atoms with Gasteiger partial charge in [0.15, 0.2) is 11.6 Å². The van der Waals surface area contributed by atoms with E-state index < -0.39 is 17.2 Å². The molecule has 4 N–H and O–H groups in total. The Morgan fingerprint density at radius 1 is 1.21 bits per heavy atom. The van der Waals surface area contributed by atoms with Gasteiger partial charge in [0, 0.05) is 21.9 Å². The Morgan fingerprint density at radius 3 is 2.58 bits per heavy atom. The van der Waals surface area contributed by atoms with Crippen LogP contribution in [0.5, 0.6) is 11.6 Å². The molecular formula is C23H23FN4O4S. The number of aromatic nitrogens is 1. The first-order chi connectivity index (χ1) is 15.6. The van der Waals surface area contributed by atoms with Gasteiger partial charge in [0.05, 0.1) is 19.0 Å². The number of benzene rings is 1. The van der Waals surface area contributed by atoms with Crippen LogP contribution in [0.4, 0.5) is 10.1 Å². The molecule has 0 aliphatic rings. The van der Waals surface area contributed by atoms with Crippen LogP contribution in [0.25, 0.3) is 0 Å². The summed E-state index contributed by atoms with van der Waals surface area (Å²) in [6, 6.07) is 10.3. The summed E-state index contributed by atoms with van der Waals surface area (Å²) in [6.45, 7) is 3.59. The highest BCUT2D eigenvalue weighted by Crippen LogP contribution is 2.29. The number of nitrogen functional groups attached to an aromatic ring is 1. The van der Waals surface area contributed by atoms with Crippen LogP contribution in [0, 0.1) is 16.6 Å². The minimum atomic E-state index is -0.793. The Labute approximate surface area is 194 Å². The largest absolute Gasteiger partial charge is 0.481 e. The van der Waals surface area contributed by atoms with E-state index in [-0.39, 0.29) is 27.9 Å². The zero-order valence-electron chi connectivity index (χ0n) is 18.3. The first-order valence-electron chi connectivity index (χ1n) is 9.85. The molecule has 1 amide bonds. The summed E-state index contributed by atoms with van der Waals surface area (Å²) >= 11 is 1.17. The van der Waals surface area contributed by atoms with Crippen molar-refractivity contribution in [3.05, 3.63) is 69.8 Å². The van der Waals surface area contributed by atoms with Crippen LogP contribution < -0.4 is 20.5 Å². The fraction of sp³-hybridized carbons (Fsp3) is 0.217. The molecule has 33 heavy (non-hydrogen) atoms. The molecule has 3 rings (SSSR count). The van der Waals surface area contributed by atoms with E-state index in [1.165, 1.54) is 36.8 Å². The molecule has 0 radical (unpaired) electrons. The molecule has 0 aliphatic carbocycles. The van der Waals surface area contributed by atoms with Crippen molar-refractivity contribution in [3.63, 3.8) is 0 Å². The number of amides is 1. The maximum atomic E-state index is 14.1. The molecule has 2 aromatic heterocycles. The summed E-state index contributed by atoms with van der Waals surface area (Å²) in [5, 5.41) is 10.2. The predicted octanol–water partition coefficient (Wildman–Crippen LogP) is 4.00. The van der Waals surface area contributed by atoms with Crippen molar-refractivity contribution in [3.8, 4) is 11.6 Å². The van der Waals surface area contributed by atoms with Gasteiger partial charge in [0.1, 0.15) is 10.7 Å². The van der Waals surface area contributed by atoms with Gasteiger partial charge in [0.2, 0.25) is 11.8 Å². The second kappa shape index (κ2) is 9.78. The van der Waals surface area contributed by atoms with E-state index in [4.69, 9.17) is 20.6 Å². The molecule has 10 heteroatoms. The van der Waals surface area contributed by atoms with E-state index in [9.17, 15) is 14.0 Å². The van der Waals surface area contributed by atoms with E-state index >= 15 is 0 Å². The number of hydrogen-bond acceptors (Lipinski definition) is 7. The number of carbonyl (C=O) groups is 2. The number of esters is 1. The quantitative estimate of drug-likeness (QED) is 0.198. The summed E-state index contributed by atoms with van der Waals surface area (Å²) in [5.74, 6) is -1.82. The maximum Gasteiger partial charge on any atom is 0.353 e. The van der Waals surface area contributed by atoms with Crippen molar-refractivity contribution >= 4 is 34.7 Å². The first kappa shape index (κ1) is 23.9. The highest BCUT2D eigenvalue weighted by atomic mass is 32.1. The Bertz CT molecular complexity index is 1190. The van der Waals surface area contributed by atoms with Crippen LogP contribution in [0.2, 0.25) is 0 Å². The molecule has 0 saturated carbocycles. The van der Waals surface area contributed by atoms with Crippen molar-refractivity contribution in [2.45, 2.75) is 20.3 Å². The van der Waals surface area contributed by atoms with Crippen LogP contribution in [0.1, 0.15) is 34.0 Å². The summed E-state index contributed by atoms with van der Waals surface area (Å²) in [7, 11) is 1.51. The number of pyridine rings is 1. The van der Waals surface area contributed by atoms with Gasteiger partial charge < -0.3 is 20.5 Å². The molecule has 0 atom stereocenters. The zero-order chi connectivity index (χ0) is 24.2. The van der Waals surface area contributed by atoms with Crippen LogP contribution in [-0.4, -0.2) is 29.8 Å². The maximum absolute atomic E-state index is 14.1. The summed E-state index contributed by atoms with van der Waals surface area (Å²) in [4.78, 5) is 30.3. The lowest BCUT2D eigenvalue weighted by atomic mass is 9.87. The Morgan fingerprint density at radius 2 is 1.97 bits per heavy atom. The third-order valence-electron chi connectivity index (χ3n) is 4.74. The van der Waals surface area contributed by atoms with Crippen LogP contribution in [0.3, 0.4) is 0 Å². The van der Waals surface area contributed by atoms with Gasteiger partial charge in [-0.2, -0.15) is 0 Å². The molecule has 0 bridgehead atoms. The minimum absolute atomic E-state index is 0.191. The number of amidine groups is 1. The second-order valence-corrected chi connectivity index (χ2v) is 8.99. The Balaban J connectivity index is 1.64. The van der Waals surface area contributed by atoms with Gasteiger partial charge in [-0.3, -0.25) is 10.2 Å². The number of nitrogens with zero attached hydrogens (tertiary/aromatic N) is 1. The lowest BCUT2D eigenvalue weighted by Gasteiger charge is -2.22. The monoisotopic (exact) mass is 470 g/mol. The molecule has 8 nitrogen and oxygen atoms in total. The van der Waals surface area contributed by atoms with Gasteiger partial charge in [-0.1, -0.05) is 13.8 Å². The number of ether oxygens (including phenoxy) is 2. The molecule has 3 aromatic rings. The number of hydrogen-bond donors (Lipinski definition) is 3. The molecule has 172 valence electrons. The normalized spacial score (nSPS) is 11.0. The van der Waals surface area contributed by atoms with E-state index in [2.05, 4.69) is 10.3 Å². The number of anilines is 1. The number of halogens is 1. The second-order valence-electron chi connectivity index (χ2n) is 7.82. The topological polar surface area (TPSA) is 127 Å². The molecule has 1 aromatic carbocycles. The fourth-order valence-corrected chi connectivity index (χ4v) is 3.99. The predicted molar refractivity (Wildman–Crippen MR) is 124 cm³/mol. The van der Waals surface area contributed by atoms with Gasteiger partial charge in [-0.25, -0.2) is 14.2 Å². The lowest BCUT2D eigenvalue weighted by Crippen LogP contribution is -2.32. The molecule has 2 heterocycles. The smallest absolute Gasteiger partial charge is 0.353 e. The van der Waals surface area contributed by atoms with Crippen LogP contribution >= 0.6 is 11.3 Å². The third-order valence-corrected chi connectivity index (χ3v) is 5.81. The van der Waals surface area contributed by atoms with Crippen molar-refractivity contribution in [1.82, 2.24) is 4.98 Å². The Hall–Kier alpha value is -3.79. The van der Waals surface area contributed by atoms with Gasteiger partial charge >= 0.3 is 5.97 Å². The van der Waals surface area contributed by atoms with Gasteiger partial charge in [0.25, 0.3) is 0 Å². The van der Waals surface area contributed by atoms with Gasteiger partial charge in [-0.15, -0.1) is 11.3 Å². The third kappa shape index (κ3) is 5.92. The van der Waals surface area contributed by atoms with Crippen molar-refractivity contribution in [1.29, 1.82) is 5.41 Å². The van der Waals surface area contributed by atoms with E-state index in [1.807, 2.05) is 0 Å². The molecule has 0 fully saturated rings. The zero-order valence-corrected chi connectivity index (χ0v) is 19.1. The number of thiophene rings is 1. The SMILES string of the molecule is COc1ccc(NC(=O)C(C)(C)Cc2ccc(C(=O)Oc3ccc(C(=N)N)cc3F)s2)cn1. The molecule has 0 saturated heterocycles. The molecule has 0 unspecified atom stereocenters. The summed E-state index contributed by atoms with van der Waals surface area (Å²) in [6.07, 6.45) is 1.89. The minimum Gasteiger partial charge on any atom is -0.481 e. The van der Waals surface area contributed by atoms with E-state index in [0.717, 1.165) is 10.9 Å². The first-order valence-corrected chi connectivity index (χ1v) is 10.7.